The first-order valence-corrected chi connectivity index (χ1v) is 8.81. The van der Waals surface area contributed by atoms with Crippen molar-refractivity contribution < 1.29 is 4.74 Å². The molecule has 1 fully saturated rings. The van der Waals surface area contributed by atoms with E-state index in [0.717, 1.165) is 24.6 Å². The summed E-state index contributed by atoms with van der Waals surface area (Å²) in [6, 6.07) is 3.94. The van der Waals surface area contributed by atoms with E-state index in [1.54, 1.807) is 6.20 Å². The van der Waals surface area contributed by atoms with Crippen molar-refractivity contribution in [3.63, 3.8) is 0 Å². The van der Waals surface area contributed by atoms with Crippen LogP contribution in [-0.2, 0) is 6.54 Å². The van der Waals surface area contributed by atoms with Gasteiger partial charge in [0.05, 0.1) is 13.2 Å². The van der Waals surface area contributed by atoms with Crippen LogP contribution in [0.2, 0.25) is 0 Å². The van der Waals surface area contributed by atoms with Crippen LogP contribution < -0.4 is 15.4 Å². The number of hydrogen-bond acceptors (Lipinski definition) is 3. The minimum absolute atomic E-state index is 0. The van der Waals surface area contributed by atoms with Gasteiger partial charge in [0.1, 0.15) is 0 Å². The van der Waals surface area contributed by atoms with Gasteiger partial charge in [-0.25, -0.2) is 9.98 Å². The Morgan fingerprint density at radius 3 is 2.67 bits per heavy atom. The van der Waals surface area contributed by atoms with Gasteiger partial charge in [-0.15, -0.1) is 24.0 Å². The molecule has 1 aromatic rings. The molecule has 0 atom stereocenters. The van der Waals surface area contributed by atoms with Crippen LogP contribution in [0.5, 0.6) is 5.88 Å². The molecule has 1 aromatic heterocycles. The number of pyridine rings is 1. The van der Waals surface area contributed by atoms with Crippen molar-refractivity contribution in [1.29, 1.82) is 0 Å². The Bertz CT molecular complexity index is 512. The van der Waals surface area contributed by atoms with Gasteiger partial charge in [-0.05, 0) is 50.2 Å². The number of rotatable bonds is 8. The molecule has 0 spiro atoms. The van der Waals surface area contributed by atoms with Gasteiger partial charge >= 0.3 is 0 Å². The fourth-order valence-electron chi connectivity index (χ4n) is 2.89. The first kappa shape index (κ1) is 21.0. The Hall–Kier alpha value is -1.05. The van der Waals surface area contributed by atoms with Crippen LogP contribution >= 0.6 is 24.0 Å². The molecule has 6 heteroatoms. The average molecular weight is 446 g/mol. The largest absolute Gasteiger partial charge is 0.478 e. The quantitative estimate of drug-likeness (QED) is 0.363. The Balaban J connectivity index is 0.00000288. The smallest absolute Gasteiger partial charge is 0.213 e. The first-order valence-electron chi connectivity index (χ1n) is 8.81. The highest BCUT2D eigenvalue weighted by molar-refractivity contribution is 14.0. The molecule has 1 saturated carbocycles. The Labute approximate surface area is 163 Å². The lowest BCUT2D eigenvalue weighted by molar-refractivity contribution is 0.131. The molecule has 1 aliphatic rings. The minimum atomic E-state index is 0. The summed E-state index contributed by atoms with van der Waals surface area (Å²) in [5.74, 6) is 1.56. The maximum absolute atomic E-state index is 5.44. The third-order valence-corrected chi connectivity index (χ3v) is 4.65. The molecular weight excluding hydrogens is 415 g/mol. The fraction of sp³-hybridized carbons (Fsp3) is 0.667. The van der Waals surface area contributed by atoms with Crippen molar-refractivity contribution in [3.8, 4) is 5.88 Å². The zero-order chi connectivity index (χ0) is 16.5. The second-order valence-electron chi connectivity index (χ2n) is 6.19. The Kier molecular flexibility index (Phi) is 9.39. The summed E-state index contributed by atoms with van der Waals surface area (Å²) in [6.45, 7) is 9.47. The van der Waals surface area contributed by atoms with E-state index in [-0.39, 0.29) is 24.0 Å². The van der Waals surface area contributed by atoms with E-state index in [4.69, 9.17) is 9.73 Å². The van der Waals surface area contributed by atoms with E-state index < -0.39 is 0 Å². The highest BCUT2D eigenvalue weighted by Gasteiger charge is 2.34. The van der Waals surface area contributed by atoms with E-state index in [9.17, 15) is 0 Å². The SMILES string of the molecule is CCNC(=NCc1ccnc(OCC)c1)NCC1(CC)CCC1.I. The van der Waals surface area contributed by atoms with Crippen LogP contribution in [-0.4, -0.2) is 30.6 Å². The van der Waals surface area contributed by atoms with Gasteiger partial charge in [0, 0.05) is 25.4 Å². The lowest BCUT2D eigenvalue weighted by Crippen LogP contribution is -2.46. The summed E-state index contributed by atoms with van der Waals surface area (Å²) in [5.41, 5.74) is 1.59. The van der Waals surface area contributed by atoms with E-state index >= 15 is 0 Å². The zero-order valence-corrected chi connectivity index (χ0v) is 17.4. The van der Waals surface area contributed by atoms with Gasteiger partial charge in [0.15, 0.2) is 5.96 Å². The number of hydrogen-bond donors (Lipinski definition) is 2. The van der Waals surface area contributed by atoms with Gasteiger partial charge in [-0.2, -0.15) is 0 Å². The molecule has 0 amide bonds. The highest BCUT2D eigenvalue weighted by Crippen LogP contribution is 2.42. The molecule has 1 heterocycles. The van der Waals surface area contributed by atoms with Crippen LogP contribution in [0.1, 0.15) is 52.0 Å². The minimum Gasteiger partial charge on any atom is -0.478 e. The number of guanidine groups is 1. The summed E-state index contributed by atoms with van der Waals surface area (Å²) in [7, 11) is 0. The molecule has 24 heavy (non-hydrogen) atoms. The topological polar surface area (TPSA) is 58.5 Å². The molecular formula is C18H31IN4O. The Morgan fingerprint density at radius 2 is 2.08 bits per heavy atom. The van der Waals surface area contributed by atoms with E-state index in [0.29, 0.717) is 24.4 Å². The monoisotopic (exact) mass is 446 g/mol. The fourth-order valence-corrected chi connectivity index (χ4v) is 2.89. The van der Waals surface area contributed by atoms with E-state index in [1.165, 1.54) is 25.7 Å². The molecule has 0 saturated heterocycles. The lowest BCUT2D eigenvalue weighted by Gasteiger charge is -2.41. The normalized spacial score (nSPS) is 15.9. The van der Waals surface area contributed by atoms with Gasteiger partial charge < -0.3 is 15.4 Å². The van der Waals surface area contributed by atoms with Crippen LogP contribution in [0.25, 0.3) is 0 Å². The van der Waals surface area contributed by atoms with Gasteiger partial charge in [0.25, 0.3) is 0 Å². The maximum atomic E-state index is 5.44. The molecule has 1 aliphatic carbocycles. The maximum Gasteiger partial charge on any atom is 0.213 e. The molecule has 0 unspecified atom stereocenters. The van der Waals surface area contributed by atoms with E-state index in [2.05, 4.69) is 29.5 Å². The lowest BCUT2D eigenvalue weighted by atomic mass is 9.67. The molecule has 0 bridgehead atoms. The molecule has 5 nitrogen and oxygen atoms in total. The van der Waals surface area contributed by atoms with Crippen molar-refractivity contribution in [2.45, 2.75) is 53.0 Å². The number of aliphatic imine (C=N–C) groups is 1. The van der Waals surface area contributed by atoms with Crippen molar-refractivity contribution >= 4 is 29.9 Å². The predicted molar refractivity (Wildman–Crippen MR) is 110 cm³/mol. The molecule has 2 N–H and O–H groups in total. The average Bonchev–Trinajstić information content (AvgIpc) is 2.52. The van der Waals surface area contributed by atoms with Crippen LogP contribution in [0.3, 0.4) is 0 Å². The third-order valence-electron chi connectivity index (χ3n) is 4.65. The zero-order valence-electron chi connectivity index (χ0n) is 15.1. The van der Waals surface area contributed by atoms with Gasteiger partial charge in [0.2, 0.25) is 5.88 Å². The summed E-state index contributed by atoms with van der Waals surface area (Å²) >= 11 is 0. The van der Waals surface area contributed by atoms with Crippen molar-refractivity contribution in [2.24, 2.45) is 10.4 Å². The summed E-state index contributed by atoms with van der Waals surface area (Å²) in [6.07, 6.45) is 7.04. The molecule has 0 aromatic carbocycles. The molecule has 0 radical (unpaired) electrons. The van der Waals surface area contributed by atoms with Gasteiger partial charge in [-0.1, -0.05) is 13.3 Å². The second kappa shape index (κ2) is 10.7. The van der Waals surface area contributed by atoms with Crippen LogP contribution in [0, 0.1) is 5.41 Å². The number of ether oxygens (including phenoxy) is 1. The van der Waals surface area contributed by atoms with Crippen LogP contribution in [0.4, 0.5) is 0 Å². The van der Waals surface area contributed by atoms with Crippen LogP contribution in [0.15, 0.2) is 23.3 Å². The third kappa shape index (κ3) is 6.11. The first-order chi connectivity index (χ1) is 11.2. The Morgan fingerprint density at radius 1 is 1.29 bits per heavy atom. The van der Waals surface area contributed by atoms with Crippen molar-refractivity contribution in [2.75, 3.05) is 19.7 Å². The predicted octanol–water partition coefficient (Wildman–Crippen LogP) is 3.73. The summed E-state index contributed by atoms with van der Waals surface area (Å²) in [4.78, 5) is 8.88. The van der Waals surface area contributed by atoms with Crippen molar-refractivity contribution in [1.82, 2.24) is 15.6 Å². The molecule has 0 aliphatic heterocycles. The second-order valence-corrected chi connectivity index (χ2v) is 6.19. The molecule has 136 valence electrons. The standard InChI is InChI=1S/C18H30N4O.HI/c1-4-18(9-7-10-18)14-22-17(19-5-2)21-13-15-8-11-20-16(12-15)23-6-3;/h8,11-12H,4-7,9-10,13-14H2,1-3H3,(H2,19,21,22);1H. The summed E-state index contributed by atoms with van der Waals surface area (Å²) in [5, 5.41) is 6.85. The number of nitrogens with one attached hydrogen (secondary N) is 2. The van der Waals surface area contributed by atoms with E-state index in [1.807, 2.05) is 19.1 Å². The number of aromatic nitrogens is 1. The van der Waals surface area contributed by atoms with Gasteiger partial charge in [-0.3, -0.25) is 0 Å². The highest BCUT2D eigenvalue weighted by atomic mass is 127. The molecule has 2 rings (SSSR count). The number of halogens is 1. The van der Waals surface area contributed by atoms with Crippen molar-refractivity contribution in [3.05, 3.63) is 23.9 Å². The number of nitrogens with zero attached hydrogens (tertiary/aromatic N) is 2. The summed E-state index contributed by atoms with van der Waals surface area (Å²) < 4.78 is 5.44.